The van der Waals surface area contributed by atoms with Crippen molar-refractivity contribution in [3.8, 4) is 22.4 Å². The van der Waals surface area contributed by atoms with Gasteiger partial charge in [0.05, 0.1) is 11.9 Å². The highest BCUT2D eigenvalue weighted by Gasteiger charge is 2.22. The third-order valence-corrected chi connectivity index (χ3v) is 6.81. The van der Waals surface area contributed by atoms with Crippen LogP contribution in [-0.2, 0) is 4.79 Å². The van der Waals surface area contributed by atoms with E-state index in [1.54, 1.807) is 0 Å². The summed E-state index contributed by atoms with van der Waals surface area (Å²) in [5.74, 6) is 2.20. The first-order chi connectivity index (χ1) is 17.6. The fourth-order valence-electron chi connectivity index (χ4n) is 4.68. The van der Waals surface area contributed by atoms with Crippen LogP contribution in [0.3, 0.4) is 0 Å². The average molecular weight is 481 g/mol. The van der Waals surface area contributed by atoms with Crippen molar-refractivity contribution in [1.29, 1.82) is 0 Å². The monoisotopic (exact) mass is 480 g/mol. The van der Waals surface area contributed by atoms with Crippen LogP contribution in [0.5, 0.6) is 0 Å². The standard InChI is InChI=1S/C29H32N6O/c1-3-28(36)34-15-12-22(13-16-34)18-32-29-25(20-33-35(29)27-17-21(2)11-14-30-27)24-9-10-26(31-19-24)23-7-5-4-6-8-23/h4-10,17-20,22,30H,2-3,11-16H2,1H3/b32-18+. The number of nitrogens with one attached hydrogen (secondary N) is 1. The van der Waals surface area contributed by atoms with E-state index in [0.717, 1.165) is 78.5 Å². The van der Waals surface area contributed by atoms with Crippen LogP contribution in [0.2, 0.25) is 0 Å². The van der Waals surface area contributed by atoms with Crippen molar-refractivity contribution in [2.24, 2.45) is 10.9 Å². The second kappa shape index (κ2) is 10.7. The molecule has 0 radical (unpaired) electrons. The Morgan fingerprint density at radius 1 is 1.14 bits per heavy atom. The summed E-state index contributed by atoms with van der Waals surface area (Å²) in [5.41, 5.74) is 4.97. The minimum absolute atomic E-state index is 0.229. The number of hydrogen-bond acceptors (Lipinski definition) is 5. The molecule has 0 atom stereocenters. The van der Waals surface area contributed by atoms with Crippen LogP contribution in [-0.4, -0.2) is 51.4 Å². The SMILES string of the molecule is C=C1C=C(n2ncc(-c3ccc(-c4ccccc4)nc3)c2/N=C/C2CCN(C(=O)CC)CC2)NCC1. The van der Waals surface area contributed by atoms with Crippen molar-refractivity contribution in [3.05, 3.63) is 73.1 Å². The van der Waals surface area contributed by atoms with Crippen molar-refractivity contribution >= 4 is 23.8 Å². The molecule has 1 amide bonds. The smallest absolute Gasteiger partial charge is 0.222 e. The molecule has 0 aliphatic carbocycles. The van der Waals surface area contributed by atoms with E-state index < -0.39 is 0 Å². The van der Waals surface area contributed by atoms with Gasteiger partial charge >= 0.3 is 0 Å². The molecule has 36 heavy (non-hydrogen) atoms. The average Bonchev–Trinajstić information content (AvgIpc) is 3.36. The molecule has 0 bridgehead atoms. The van der Waals surface area contributed by atoms with E-state index in [0.29, 0.717) is 12.3 Å². The number of allylic oxidation sites excluding steroid dienone is 1. The molecule has 0 spiro atoms. The van der Waals surface area contributed by atoms with Crippen molar-refractivity contribution in [3.63, 3.8) is 0 Å². The largest absolute Gasteiger partial charge is 0.370 e. The lowest BCUT2D eigenvalue weighted by Crippen LogP contribution is -2.38. The van der Waals surface area contributed by atoms with Crippen LogP contribution in [0.25, 0.3) is 28.2 Å². The van der Waals surface area contributed by atoms with E-state index >= 15 is 0 Å². The number of nitrogens with zero attached hydrogens (tertiary/aromatic N) is 5. The van der Waals surface area contributed by atoms with Crippen LogP contribution in [0, 0.1) is 5.92 Å². The van der Waals surface area contributed by atoms with Gasteiger partial charge in [0.2, 0.25) is 5.91 Å². The molecule has 0 saturated carbocycles. The van der Waals surface area contributed by atoms with Gasteiger partial charge in [-0.2, -0.15) is 9.78 Å². The molecule has 1 saturated heterocycles. The predicted molar refractivity (Wildman–Crippen MR) is 145 cm³/mol. The number of amides is 1. The number of benzene rings is 1. The van der Waals surface area contributed by atoms with Gasteiger partial charge in [0.1, 0.15) is 5.82 Å². The van der Waals surface area contributed by atoms with Crippen LogP contribution >= 0.6 is 0 Å². The fourth-order valence-corrected chi connectivity index (χ4v) is 4.68. The fraction of sp³-hybridized carbons (Fsp3) is 0.310. The Kier molecular flexibility index (Phi) is 7.07. The van der Waals surface area contributed by atoms with E-state index in [1.807, 2.05) is 65.5 Å². The zero-order valence-electron chi connectivity index (χ0n) is 20.7. The number of hydrogen-bond donors (Lipinski definition) is 1. The summed E-state index contributed by atoms with van der Waals surface area (Å²) in [6, 6.07) is 14.3. The molecule has 2 aliphatic heterocycles. The quantitative estimate of drug-likeness (QED) is 0.485. The van der Waals surface area contributed by atoms with Crippen LogP contribution < -0.4 is 5.32 Å². The number of piperidine rings is 1. The Labute approximate surface area is 212 Å². The Balaban J connectivity index is 1.44. The van der Waals surface area contributed by atoms with Crippen molar-refractivity contribution in [2.75, 3.05) is 19.6 Å². The number of rotatable bonds is 6. The molecule has 1 fully saturated rings. The third kappa shape index (κ3) is 5.15. The van der Waals surface area contributed by atoms with Gasteiger partial charge in [-0.1, -0.05) is 49.9 Å². The molecular formula is C29H32N6O. The molecule has 2 aliphatic rings. The molecular weight excluding hydrogens is 448 g/mol. The van der Waals surface area contributed by atoms with Gasteiger partial charge in [-0.3, -0.25) is 9.78 Å². The highest BCUT2D eigenvalue weighted by Crippen LogP contribution is 2.33. The summed E-state index contributed by atoms with van der Waals surface area (Å²) in [6.07, 6.45) is 11.1. The molecule has 7 heteroatoms. The third-order valence-electron chi connectivity index (χ3n) is 6.81. The maximum absolute atomic E-state index is 12.0. The van der Waals surface area contributed by atoms with Crippen LogP contribution in [0.1, 0.15) is 32.6 Å². The highest BCUT2D eigenvalue weighted by atomic mass is 16.2. The molecule has 1 N–H and O–H groups in total. The summed E-state index contributed by atoms with van der Waals surface area (Å²) in [5, 5.41) is 8.12. The first-order valence-electron chi connectivity index (χ1n) is 12.7. The summed E-state index contributed by atoms with van der Waals surface area (Å²) in [7, 11) is 0. The molecule has 1 aromatic carbocycles. The van der Waals surface area contributed by atoms with Gasteiger partial charge in [-0.15, -0.1) is 0 Å². The topological polar surface area (TPSA) is 75.4 Å². The number of carbonyl (C=O) groups is 1. The van der Waals surface area contributed by atoms with E-state index in [2.05, 4.69) is 30.1 Å². The Morgan fingerprint density at radius 2 is 1.94 bits per heavy atom. The van der Waals surface area contributed by atoms with Crippen molar-refractivity contribution in [2.45, 2.75) is 32.6 Å². The summed E-state index contributed by atoms with van der Waals surface area (Å²) in [4.78, 5) is 23.7. The molecule has 5 rings (SSSR count). The number of aromatic nitrogens is 3. The minimum atomic E-state index is 0.229. The number of aliphatic imine (C=N–C) groups is 1. The van der Waals surface area contributed by atoms with E-state index in [-0.39, 0.29) is 5.91 Å². The maximum Gasteiger partial charge on any atom is 0.222 e. The van der Waals surface area contributed by atoms with E-state index in [4.69, 9.17) is 15.1 Å². The summed E-state index contributed by atoms with van der Waals surface area (Å²) >= 11 is 0. The Morgan fingerprint density at radius 3 is 2.64 bits per heavy atom. The van der Waals surface area contributed by atoms with Gasteiger partial charge < -0.3 is 10.2 Å². The molecule has 2 aromatic heterocycles. The first kappa shape index (κ1) is 23.7. The van der Waals surface area contributed by atoms with E-state index in [9.17, 15) is 4.79 Å². The molecule has 0 unspecified atom stereocenters. The predicted octanol–water partition coefficient (Wildman–Crippen LogP) is 5.31. The van der Waals surface area contributed by atoms with Crippen LogP contribution in [0.15, 0.2) is 78.1 Å². The van der Waals surface area contributed by atoms with Gasteiger partial charge in [-0.05, 0) is 42.9 Å². The van der Waals surface area contributed by atoms with Gasteiger partial charge in [0.15, 0.2) is 5.82 Å². The molecule has 4 heterocycles. The number of pyridine rings is 1. The summed E-state index contributed by atoms with van der Waals surface area (Å²) < 4.78 is 1.86. The Bertz CT molecular complexity index is 1280. The lowest BCUT2D eigenvalue weighted by atomic mass is 9.98. The molecule has 3 aromatic rings. The lowest BCUT2D eigenvalue weighted by Gasteiger charge is -2.30. The number of likely N-dealkylation sites (tertiary alicyclic amines) is 1. The van der Waals surface area contributed by atoms with E-state index in [1.165, 1.54) is 0 Å². The molecule has 184 valence electrons. The van der Waals surface area contributed by atoms with Gasteiger partial charge in [0.25, 0.3) is 0 Å². The van der Waals surface area contributed by atoms with Crippen molar-refractivity contribution < 1.29 is 4.79 Å². The second-order valence-electron chi connectivity index (χ2n) is 9.31. The number of carbonyl (C=O) groups excluding carboxylic acids is 1. The minimum Gasteiger partial charge on any atom is -0.370 e. The first-order valence-corrected chi connectivity index (χ1v) is 12.7. The Hall–Kier alpha value is -4.00. The molecule has 7 nitrogen and oxygen atoms in total. The zero-order valence-corrected chi connectivity index (χ0v) is 20.7. The zero-order chi connectivity index (χ0) is 24.9. The second-order valence-corrected chi connectivity index (χ2v) is 9.31. The van der Waals surface area contributed by atoms with Crippen molar-refractivity contribution in [1.82, 2.24) is 25.0 Å². The maximum atomic E-state index is 12.0. The lowest BCUT2D eigenvalue weighted by molar-refractivity contribution is -0.131. The van der Waals surface area contributed by atoms with Gasteiger partial charge in [0, 0.05) is 55.2 Å². The normalized spacial score (nSPS) is 16.8. The summed E-state index contributed by atoms with van der Waals surface area (Å²) in [6.45, 7) is 8.44. The van der Waals surface area contributed by atoms with Crippen LogP contribution in [0.4, 0.5) is 5.82 Å². The van der Waals surface area contributed by atoms with Gasteiger partial charge in [-0.25, -0.2) is 4.99 Å². The highest BCUT2D eigenvalue weighted by molar-refractivity contribution is 5.80.